The Bertz CT molecular complexity index is 812. The van der Waals surface area contributed by atoms with Gasteiger partial charge in [0.2, 0.25) is 0 Å². The third-order valence-corrected chi connectivity index (χ3v) is 4.40. The number of para-hydroxylation sites is 1. The number of hydrogen-bond acceptors (Lipinski definition) is 5. The number of nitrogens with one attached hydrogen (secondary N) is 1. The Morgan fingerprint density at radius 2 is 1.89 bits per heavy atom. The molecule has 1 aromatic heterocycles. The van der Waals surface area contributed by atoms with Crippen molar-refractivity contribution < 1.29 is 19.4 Å². The number of pyridine rings is 1. The van der Waals surface area contributed by atoms with Gasteiger partial charge >= 0.3 is 5.97 Å². The zero-order chi connectivity index (χ0) is 19.4. The van der Waals surface area contributed by atoms with Crippen LogP contribution in [0.3, 0.4) is 0 Å². The standard InChI is InChI=1S/C20H23N3O4/c1-13-10-23(11-14(2)27-13)12-16-5-3-4-6-17(16)22-19(24)15-7-8-18(20(25)26)21-9-15/h3-9,13-14H,10-12H2,1-2H3,(H,22,24)(H,25,26). The second-order valence-electron chi connectivity index (χ2n) is 6.80. The van der Waals surface area contributed by atoms with E-state index in [2.05, 4.69) is 29.0 Å². The number of carbonyl (C=O) groups excluding carboxylic acids is 1. The number of aromatic carboxylic acids is 1. The first-order valence-electron chi connectivity index (χ1n) is 8.89. The van der Waals surface area contributed by atoms with Gasteiger partial charge in [-0.3, -0.25) is 9.69 Å². The third kappa shape index (κ3) is 4.90. The van der Waals surface area contributed by atoms with E-state index in [0.29, 0.717) is 12.1 Å². The number of aromatic nitrogens is 1. The summed E-state index contributed by atoms with van der Waals surface area (Å²) in [5.74, 6) is -1.45. The molecule has 1 amide bonds. The summed E-state index contributed by atoms with van der Waals surface area (Å²) in [7, 11) is 0. The van der Waals surface area contributed by atoms with Crippen LogP contribution in [0.4, 0.5) is 5.69 Å². The highest BCUT2D eigenvalue weighted by atomic mass is 16.5. The molecule has 0 saturated carbocycles. The van der Waals surface area contributed by atoms with E-state index in [-0.39, 0.29) is 23.8 Å². The van der Waals surface area contributed by atoms with Crippen LogP contribution in [-0.4, -0.2) is 52.2 Å². The van der Waals surface area contributed by atoms with Crippen LogP contribution >= 0.6 is 0 Å². The molecule has 2 unspecified atom stereocenters. The molecule has 27 heavy (non-hydrogen) atoms. The first-order valence-corrected chi connectivity index (χ1v) is 8.89. The van der Waals surface area contributed by atoms with Crippen LogP contribution in [0.2, 0.25) is 0 Å². The molecule has 7 heteroatoms. The fourth-order valence-corrected chi connectivity index (χ4v) is 3.28. The predicted octanol–water partition coefficient (Wildman–Crippen LogP) is 2.64. The molecule has 3 rings (SSSR count). The summed E-state index contributed by atoms with van der Waals surface area (Å²) in [5.41, 5.74) is 1.96. The number of carboxylic acids is 1. The molecule has 2 aromatic rings. The number of ether oxygens (including phenoxy) is 1. The van der Waals surface area contributed by atoms with E-state index >= 15 is 0 Å². The Labute approximate surface area is 158 Å². The van der Waals surface area contributed by atoms with Crippen LogP contribution in [0.5, 0.6) is 0 Å². The average molecular weight is 369 g/mol. The molecule has 0 aliphatic carbocycles. The molecule has 0 spiro atoms. The molecule has 1 aliphatic rings. The maximum absolute atomic E-state index is 12.5. The molecule has 7 nitrogen and oxygen atoms in total. The van der Waals surface area contributed by atoms with Crippen molar-refractivity contribution in [1.29, 1.82) is 0 Å². The number of hydrogen-bond donors (Lipinski definition) is 2. The third-order valence-electron chi connectivity index (χ3n) is 4.40. The molecule has 2 heterocycles. The highest BCUT2D eigenvalue weighted by Crippen LogP contribution is 2.21. The first-order chi connectivity index (χ1) is 12.9. The van der Waals surface area contributed by atoms with Crippen molar-refractivity contribution >= 4 is 17.6 Å². The second-order valence-corrected chi connectivity index (χ2v) is 6.80. The average Bonchev–Trinajstić information content (AvgIpc) is 2.62. The Balaban J connectivity index is 1.71. The lowest BCUT2D eigenvalue weighted by Crippen LogP contribution is -2.44. The Morgan fingerprint density at radius 3 is 2.52 bits per heavy atom. The van der Waals surface area contributed by atoms with E-state index in [0.717, 1.165) is 24.3 Å². The highest BCUT2D eigenvalue weighted by molar-refractivity contribution is 6.04. The Hall–Kier alpha value is -2.77. The molecule has 1 fully saturated rings. The maximum atomic E-state index is 12.5. The number of carboxylic acid groups (broad SMARTS) is 1. The lowest BCUT2D eigenvalue weighted by molar-refractivity contribution is -0.0704. The fourth-order valence-electron chi connectivity index (χ4n) is 3.28. The van der Waals surface area contributed by atoms with E-state index in [1.165, 1.54) is 18.3 Å². The van der Waals surface area contributed by atoms with Gasteiger partial charge in [-0.2, -0.15) is 0 Å². The minimum atomic E-state index is -1.12. The van der Waals surface area contributed by atoms with Gasteiger partial charge in [0.05, 0.1) is 17.8 Å². The lowest BCUT2D eigenvalue weighted by Gasteiger charge is -2.35. The molecular weight excluding hydrogens is 346 g/mol. The van der Waals surface area contributed by atoms with Crippen molar-refractivity contribution in [3.8, 4) is 0 Å². The van der Waals surface area contributed by atoms with Crippen molar-refractivity contribution in [3.63, 3.8) is 0 Å². The van der Waals surface area contributed by atoms with Crippen LogP contribution in [-0.2, 0) is 11.3 Å². The lowest BCUT2D eigenvalue weighted by atomic mass is 10.1. The summed E-state index contributed by atoms with van der Waals surface area (Å²) < 4.78 is 5.77. The van der Waals surface area contributed by atoms with Gasteiger partial charge in [-0.1, -0.05) is 18.2 Å². The van der Waals surface area contributed by atoms with Gasteiger partial charge in [0.1, 0.15) is 5.69 Å². The van der Waals surface area contributed by atoms with Crippen molar-refractivity contribution in [3.05, 3.63) is 59.4 Å². The summed E-state index contributed by atoms with van der Waals surface area (Å²) in [5, 5.41) is 11.8. The van der Waals surface area contributed by atoms with Gasteiger partial charge in [-0.25, -0.2) is 9.78 Å². The summed E-state index contributed by atoms with van der Waals surface area (Å²) in [6.07, 6.45) is 1.62. The smallest absolute Gasteiger partial charge is 0.354 e. The topological polar surface area (TPSA) is 91.8 Å². The SMILES string of the molecule is CC1CN(Cc2ccccc2NC(=O)c2ccc(C(=O)O)nc2)CC(C)O1. The minimum Gasteiger partial charge on any atom is -0.477 e. The zero-order valence-corrected chi connectivity index (χ0v) is 15.4. The summed E-state index contributed by atoms with van der Waals surface area (Å²) in [6, 6.07) is 10.4. The summed E-state index contributed by atoms with van der Waals surface area (Å²) in [4.78, 5) is 29.5. The number of rotatable bonds is 5. The van der Waals surface area contributed by atoms with Gasteiger partial charge in [0.25, 0.3) is 5.91 Å². The molecule has 1 aromatic carbocycles. The maximum Gasteiger partial charge on any atom is 0.354 e. The molecule has 0 radical (unpaired) electrons. The predicted molar refractivity (Wildman–Crippen MR) is 101 cm³/mol. The second kappa shape index (κ2) is 8.28. The van der Waals surface area contributed by atoms with Crippen molar-refractivity contribution in [1.82, 2.24) is 9.88 Å². The molecule has 1 saturated heterocycles. The monoisotopic (exact) mass is 369 g/mol. The number of morpholine rings is 1. The number of amides is 1. The van der Waals surface area contributed by atoms with Crippen molar-refractivity contribution in [2.45, 2.75) is 32.6 Å². The normalized spacial score (nSPS) is 20.2. The van der Waals surface area contributed by atoms with Crippen LogP contribution in [0.25, 0.3) is 0 Å². The largest absolute Gasteiger partial charge is 0.477 e. The molecule has 142 valence electrons. The van der Waals surface area contributed by atoms with Crippen LogP contribution in [0, 0.1) is 0 Å². The molecule has 1 aliphatic heterocycles. The van der Waals surface area contributed by atoms with E-state index < -0.39 is 5.97 Å². The summed E-state index contributed by atoms with van der Waals surface area (Å²) >= 11 is 0. The van der Waals surface area contributed by atoms with E-state index in [4.69, 9.17) is 9.84 Å². The quantitative estimate of drug-likeness (QED) is 0.842. The molecule has 0 bridgehead atoms. The van der Waals surface area contributed by atoms with E-state index in [9.17, 15) is 9.59 Å². The van der Waals surface area contributed by atoms with Gasteiger partial charge < -0.3 is 15.2 Å². The Kier molecular flexibility index (Phi) is 5.83. The first kappa shape index (κ1) is 19.0. The van der Waals surface area contributed by atoms with Crippen LogP contribution < -0.4 is 5.32 Å². The molecule has 2 N–H and O–H groups in total. The van der Waals surface area contributed by atoms with E-state index in [1.807, 2.05) is 24.3 Å². The van der Waals surface area contributed by atoms with Crippen molar-refractivity contribution in [2.75, 3.05) is 18.4 Å². The van der Waals surface area contributed by atoms with Gasteiger partial charge in [-0.15, -0.1) is 0 Å². The zero-order valence-electron chi connectivity index (χ0n) is 15.4. The number of anilines is 1. The molecule has 2 atom stereocenters. The number of benzene rings is 1. The van der Waals surface area contributed by atoms with Crippen molar-refractivity contribution in [2.24, 2.45) is 0 Å². The molecular formula is C20H23N3O4. The van der Waals surface area contributed by atoms with Crippen LogP contribution in [0.1, 0.15) is 40.3 Å². The fraction of sp³-hybridized carbons (Fsp3) is 0.350. The minimum absolute atomic E-state index is 0.0949. The summed E-state index contributed by atoms with van der Waals surface area (Å²) in [6.45, 7) is 6.51. The number of carbonyl (C=O) groups is 2. The van der Waals surface area contributed by atoms with Gasteiger partial charge in [0.15, 0.2) is 0 Å². The van der Waals surface area contributed by atoms with E-state index in [1.54, 1.807) is 0 Å². The van der Waals surface area contributed by atoms with Gasteiger partial charge in [0, 0.05) is 31.5 Å². The highest BCUT2D eigenvalue weighted by Gasteiger charge is 2.23. The van der Waals surface area contributed by atoms with Gasteiger partial charge in [-0.05, 0) is 37.6 Å². The Morgan fingerprint density at radius 1 is 1.19 bits per heavy atom. The van der Waals surface area contributed by atoms with Crippen LogP contribution in [0.15, 0.2) is 42.6 Å². The number of nitrogens with zero attached hydrogens (tertiary/aromatic N) is 2.